The zero-order chi connectivity index (χ0) is 10.9. The van der Waals surface area contributed by atoms with E-state index in [0.717, 1.165) is 13.2 Å². The van der Waals surface area contributed by atoms with Crippen LogP contribution in [0.2, 0.25) is 0 Å². The Hall–Kier alpha value is -1.26. The summed E-state index contributed by atoms with van der Waals surface area (Å²) in [6.45, 7) is 1.20. The highest BCUT2D eigenvalue weighted by Crippen LogP contribution is 2.35. The van der Waals surface area contributed by atoms with E-state index in [0.29, 0.717) is 6.07 Å². The number of hydrogen-bond acceptors (Lipinski definition) is 1. The van der Waals surface area contributed by atoms with E-state index in [1.807, 2.05) is 0 Å². The van der Waals surface area contributed by atoms with E-state index in [1.165, 1.54) is 6.92 Å². The van der Waals surface area contributed by atoms with Crippen LogP contribution in [0.1, 0.15) is 11.1 Å². The van der Waals surface area contributed by atoms with Crippen molar-refractivity contribution in [2.45, 2.75) is 13.1 Å². The first-order chi connectivity index (χ1) is 6.36. The van der Waals surface area contributed by atoms with Gasteiger partial charge in [-0.25, -0.2) is 4.39 Å². The Morgan fingerprint density at radius 2 is 1.79 bits per heavy atom. The lowest BCUT2D eigenvalue weighted by atomic mass is 10.1. The molecule has 0 heterocycles. The van der Waals surface area contributed by atoms with E-state index in [9.17, 15) is 17.6 Å². The minimum Gasteiger partial charge on any atom is -0.494 e. The van der Waals surface area contributed by atoms with E-state index in [4.69, 9.17) is 0 Å². The summed E-state index contributed by atoms with van der Waals surface area (Å²) in [7, 11) is 1.12. The van der Waals surface area contributed by atoms with Gasteiger partial charge in [0.25, 0.3) is 0 Å². The second kappa shape index (κ2) is 3.48. The number of alkyl halides is 3. The molecule has 1 nitrogen and oxygen atoms in total. The molecule has 5 heteroatoms. The van der Waals surface area contributed by atoms with Gasteiger partial charge >= 0.3 is 6.18 Å². The van der Waals surface area contributed by atoms with Crippen molar-refractivity contribution in [1.82, 2.24) is 0 Å². The maximum Gasteiger partial charge on any atom is 0.416 e. The van der Waals surface area contributed by atoms with Crippen LogP contribution < -0.4 is 4.74 Å². The van der Waals surface area contributed by atoms with Crippen molar-refractivity contribution in [2.75, 3.05) is 7.11 Å². The monoisotopic (exact) mass is 208 g/mol. The topological polar surface area (TPSA) is 9.23 Å². The lowest BCUT2D eigenvalue weighted by Crippen LogP contribution is -2.08. The predicted molar refractivity (Wildman–Crippen MR) is 42.7 cm³/mol. The third-order valence-electron chi connectivity index (χ3n) is 1.80. The summed E-state index contributed by atoms with van der Waals surface area (Å²) in [6.07, 6.45) is -4.48. The third-order valence-corrected chi connectivity index (χ3v) is 1.80. The zero-order valence-electron chi connectivity index (χ0n) is 7.57. The number of ether oxygens (including phenoxy) is 1. The highest BCUT2D eigenvalue weighted by Gasteiger charge is 2.33. The molecule has 1 rings (SSSR count). The second-order valence-electron chi connectivity index (χ2n) is 2.80. The van der Waals surface area contributed by atoms with Gasteiger partial charge in [0.05, 0.1) is 12.7 Å². The Labute approximate surface area is 78.3 Å². The average Bonchev–Trinajstić information content (AvgIpc) is 2.02. The first-order valence-electron chi connectivity index (χ1n) is 3.77. The lowest BCUT2D eigenvalue weighted by Gasteiger charge is -2.12. The fraction of sp³-hybridized carbons (Fsp3) is 0.333. The van der Waals surface area contributed by atoms with E-state index in [2.05, 4.69) is 4.74 Å². The summed E-state index contributed by atoms with van der Waals surface area (Å²) in [5.41, 5.74) is -1.04. The summed E-state index contributed by atoms with van der Waals surface area (Å²) in [4.78, 5) is 0. The third kappa shape index (κ3) is 1.97. The van der Waals surface area contributed by atoms with Crippen molar-refractivity contribution in [2.24, 2.45) is 0 Å². The highest BCUT2D eigenvalue weighted by atomic mass is 19.4. The van der Waals surface area contributed by atoms with Crippen molar-refractivity contribution in [1.29, 1.82) is 0 Å². The molecule has 0 radical (unpaired) electrons. The Balaban J connectivity index is 3.32. The van der Waals surface area contributed by atoms with Crippen LogP contribution in [0.25, 0.3) is 0 Å². The van der Waals surface area contributed by atoms with Gasteiger partial charge in [-0.1, -0.05) is 0 Å². The van der Waals surface area contributed by atoms with Crippen LogP contribution in [0.4, 0.5) is 17.6 Å². The second-order valence-corrected chi connectivity index (χ2v) is 2.80. The van der Waals surface area contributed by atoms with Gasteiger partial charge in [-0.05, 0) is 24.6 Å². The molecule has 1 aromatic rings. The van der Waals surface area contributed by atoms with Crippen molar-refractivity contribution < 1.29 is 22.3 Å². The molecule has 0 atom stereocenters. The van der Waals surface area contributed by atoms with Gasteiger partial charge in [0.2, 0.25) is 0 Å². The van der Waals surface area contributed by atoms with Crippen molar-refractivity contribution >= 4 is 0 Å². The molecule has 0 unspecified atom stereocenters. The van der Waals surface area contributed by atoms with Gasteiger partial charge < -0.3 is 4.74 Å². The Bertz CT molecular complexity index is 343. The molecule has 1 aromatic carbocycles. The Kier molecular flexibility index (Phi) is 2.69. The molecule has 0 bridgehead atoms. The summed E-state index contributed by atoms with van der Waals surface area (Å²) in [5.74, 6) is -1.19. The molecule has 0 saturated heterocycles. The van der Waals surface area contributed by atoms with Crippen LogP contribution in [0.15, 0.2) is 12.1 Å². The summed E-state index contributed by atoms with van der Waals surface area (Å²) < 4.78 is 54.3. The molecule has 0 amide bonds. The molecular weight excluding hydrogens is 200 g/mol. The average molecular weight is 208 g/mol. The summed E-state index contributed by atoms with van der Waals surface area (Å²) in [6, 6.07) is 1.46. The van der Waals surface area contributed by atoms with Crippen LogP contribution in [-0.4, -0.2) is 7.11 Å². The zero-order valence-corrected chi connectivity index (χ0v) is 7.57. The molecule has 78 valence electrons. The lowest BCUT2D eigenvalue weighted by molar-refractivity contribution is -0.138. The Morgan fingerprint density at radius 1 is 1.21 bits per heavy atom. The molecule has 0 saturated carbocycles. The fourth-order valence-corrected chi connectivity index (χ4v) is 1.11. The number of benzene rings is 1. The van der Waals surface area contributed by atoms with Gasteiger partial charge in [0.15, 0.2) is 11.6 Å². The van der Waals surface area contributed by atoms with E-state index < -0.39 is 23.3 Å². The molecular formula is C9H8F4O. The number of hydrogen-bond donors (Lipinski definition) is 0. The SMILES string of the molecule is COc1cc(C(F)(F)F)c(C)cc1F. The van der Waals surface area contributed by atoms with Gasteiger partial charge in [-0.2, -0.15) is 13.2 Å². The minimum atomic E-state index is -4.48. The molecule has 0 aliphatic heterocycles. The van der Waals surface area contributed by atoms with E-state index in [-0.39, 0.29) is 5.56 Å². The van der Waals surface area contributed by atoms with E-state index >= 15 is 0 Å². The maximum absolute atomic E-state index is 12.9. The maximum atomic E-state index is 12.9. The van der Waals surface area contributed by atoms with Gasteiger partial charge in [-0.15, -0.1) is 0 Å². The van der Waals surface area contributed by atoms with Crippen LogP contribution in [-0.2, 0) is 6.18 Å². The van der Waals surface area contributed by atoms with Crippen LogP contribution >= 0.6 is 0 Å². The van der Waals surface area contributed by atoms with E-state index in [1.54, 1.807) is 0 Å². The minimum absolute atomic E-state index is 0.157. The smallest absolute Gasteiger partial charge is 0.416 e. The first kappa shape index (κ1) is 10.8. The molecule has 0 spiro atoms. The Morgan fingerprint density at radius 3 is 2.21 bits per heavy atom. The fourth-order valence-electron chi connectivity index (χ4n) is 1.11. The van der Waals surface area contributed by atoms with Crippen molar-refractivity contribution in [3.63, 3.8) is 0 Å². The number of aryl methyl sites for hydroxylation is 1. The van der Waals surface area contributed by atoms with Crippen molar-refractivity contribution in [3.8, 4) is 5.75 Å². The molecule has 0 aliphatic rings. The molecule has 0 fully saturated rings. The number of halogens is 4. The highest BCUT2D eigenvalue weighted by molar-refractivity contribution is 5.37. The molecule has 0 aliphatic carbocycles. The summed E-state index contributed by atoms with van der Waals surface area (Å²) in [5, 5.41) is 0. The van der Waals surface area contributed by atoms with Crippen molar-refractivity contribution in [3.05, 3.63) is 29.1 Å². The number of methoxy groups -OCH3 is 1. The standard InChI is InChI=1S/C9H8F4O/c1-5-3-7(10)8(14-2)4-6(5)9(11,12)13/h3-4H,1-2H3. The quantitative estimate of drug-likeness (QED) is 0.644. The summed E-state index contributed by atoms with van der Waals surface area (Å²) >= 11 is 0. The van der Waals surface area contributed by atoms with Gasteiger partial charge in [-0.3, -0.25) is 0 Å². The molecule has 0 aromatic heterocycles. The molecule has 14 heavy (non-hydrogen) atoms. The number of rotatable bonds is 1. The normalized spacial score (nSPS) is 11.6. The van der Waals surface area contributed by atoms with Crippen LogP contribution in [0.5, 0.6) is 5.75 Å². The van der Waals surface area contributed by atoms with Gasteiger partial charge in [0.1, 0.15) is 0 Å². The van der Waals surface area contributed by atoms with Gasteiger partial charge in [0, 0.05) is 0 Å². The largest absolute Gasteiger partial charge is 0.494 e. The van der Waals surface area contributed by atoms with Crippen LogP contribution in [0, 0.1) is 12.7 Å². The first-order valence-corrected chi connectivity index (χ1v) is 3.77. The predicted octanol–water partition coefficient (Wildman–Crippen LogP) is 3.16. The van der Waals surface area contributed by atoms with Crippen LogP contribution in [0.3, 0.4) is 0 Å². The molecule has 0 N–H and O–H groups in total.